The number of anilines is 1. The summed E-state index contributed by atoms with van der Waals surface area (Å²) < 4.78 is 0. The van der Waals surface area contributed by atoms with E-state index in [2.05, 4.69) is 10.6 Å². The summed E-state index contributed by atoms with van der Waals surface area (Å²) in [6, 6.07) is 4.68. The van der Waals surface area contributed by atoms with Crippen molar-refractivity contribution in [3.63, 3.8) is 0 Å². The Bertz CT molecular complexity index is 515. The third kappa shape index (κ3) is 3.95. The van der Waals surface area contributed by atoms with Crippen molar-refractivity contribution in [2.45, 2.75) is 32.2 Å². The Morgan fingerprint density at radius 2 is 2.05 bits per heavy atom. The van der Waals surface area contributed by atoms with Gasteiger partial charge in [0.25, 0.3) is 5.91 Å². The van der Waals surface area contributed by atoms with Crippen molar-refractivity contribution in [3.05, 3.63) is 28.8 Å². The van der Waals surface area contributed by atoms with E-state index in [-0.39, 0.29) is 11.8 Å². The number of amides is 2. The summed E-state index contributed by atoms with van der Waals surface area (Å²) in [5, 5.41) is 5.55. The molecule has 1 unspecified atom stereocenters. The molecule has 0 saturated heterocycles. The van der Waals surface area contributed by atoms with Gasteiger partial charge in [-0.1, -0.05) is 24.9 Å². The van der Waals surface area contributed by atoms with Crippen molar-refractivity contribution in [3.8, 4) is 0 Å². The Balaban J connectivity index is 2.97. The third-order valence-corrected chi connectivity index (χ3v) is 3.32. The van der Waals surface area contributed by atoms with Gasteiger partial charge in [-0.25, -0.2) is 0 Å². The summed E-state index contributed by atoms with van der Waals surface area (Å²) in [4.78, 5) is 23.7. The highest BCUT2D eigenvalue weighted by molar-refractivity contribution is 6.34. The molecule has 20 heavy (non-hydrogen) atoms. The summed E-state index contributed by atoms with van der Waals surface area (Å²) in [6.07, 6.45) is 1.36. The maximum Gasteiger partial charge on any atom is 0.251 e. The fourth-order valence-electron chi connectivity index (χ4n) is 1.80. The van der Waals surface area contributed by atoms with Crippen LogP contribution in [0.15, 0.2) is 18.2 Å². The number of carbonyl (C=O) groups is 2. The lowest BCUT2D eigenvalue weighted by molar-refractivity contribution is -0.120. The highest BCUT2D eigenvalue weighted by Gasteiger charge is 2.27. The molecular weight excluding hydrogens is 278 g/mol. The summed E-state index contributed by atoms with van der Waals surface area (Å²) >= 11 is 6.03. The Kier molecular flexibility index (Phi) is 5.53. The average molecular weight is 298 g/mol. The fraction of sp³-hybridized carbons (Fsp3) is 0.429. The zero-order valence-electron chi connectivity index (χ0n) is 11.9. The average Bonchev–Trinajstić information content (AvgIpc) is 2.40. The monoisotopic (exact) mass is 297 g/mol. The zero-order valence-corrected chi connectivity index (χ0v) is 12.7. The maximum atomic E-state index is 12.1. The first-order valence-electron chi connectivity index (χ1n) is 6.43. The van der Waals surface area contributed by atoms with Gasteiger partial charge in [-0.15, -0.1) is 0 Å². The van der Waals surface area contributed by atoms with Gasteiger partial charge in [-0.05, 0) is 31.5 Å². The Hall–Kier alpha value is -1.59. The lowest BCUT2D eigenvalue weighted by Gasteiger charge is -2.23. The van der Waals surface area contributed by atoms with Crippen molar-refractivity contribution in [2.75, 3.05) is 12.4 Å². The minimum absolute atomic E-state index is 0.249. The van der Waals surface area contributed by atoms with Crippen LogP contribution in [0.25, 0.3) is 0 Å². The van der Waals surface area contributed by atoms with Crippen LogP contribution in [0.3, 0.4) is 0 Å². The maximum absolute atomic E-state index is 12.1. The lowest BCUT2D eigenvalue weighted by Crippen LogP contribution is -2.48. The zero-order chi connectivity index (χ0) is 15.3. The van der Waals surface area contributed by atoms with Gasteiger partial charge in [0.2, 0.25) is 5.91 Å². The molecule has 0 saturated carbocycles. The van der Waals surface area contributed by atoms with Crippen LogP contribution in [-0.2, 0) is 4.79 Å². The first-order chi connectivity index (χ1) is 9.31. The van der Waals surface area contributed by atoms with E-state index in [1.165, 1.54) is 13.1 Å². The van der Waals surface area contributed by atoms with E-state index in [1.807, 2.05) is 6.92 Å². The number of nitrogens with two attached hydrogens (primary N) is 1. The number of benzene rings is 1. The fourth-order valence-corrected chi connectivity index (χ4v) is 1.97. The van der Waals surface area contributed by atoms with E-state index in [9.17, 15) is 9.59 Å². The molecule has 0 aromatic heterocycles. The van der Waals surface area contributed by atoms with Gasteiger partial charge in [-0.2, -0.15) is 0 Å². The Morgan fingerprint density at radius 3 is 2.60 bits per heavy atom. The van der Waals surface area contributed by atoms with Gasteiger partial charge in [0.05, 0.1) is 16.2 Å². The van der Waals surface area contributed by atoms with Crippen molar-refractivity contribution < 1.29 is 9.59 Å². The van der Waals surface area contributed by atoms with Gasteiger partial charge in [0.15, 0.2) is 0 Å². The van der Waals surface area contributed by atoms with Gasteiger partial charge < -0.3 is 16.4 Å². The van der Waals surface area contributed by atoms with Crippen molar-refractivity contribution in [2.24, 2.45) is 5.73 Å². The predicted molar refractivity (Wildman–Crippen MR) is 81.0 cm³/mol. The van der Waals surface area contributed by atoms with Gasteiger partial charge in [0.1, 0.15) is 0 Å². The van der Waals surface area contributed by atoms with Gasteiger partial charge in [0, 0.05) is 12.6 Å². The molecule has 0 fully saturated rings. The van der Waals surface area contributed by atoms with E-state index < -0.39 is 5.54 Å². The molecule has 4 N–H and O–H groups in total. The number of carbonyl (C=O) groups excluding carboxylic acids is 2. The molecule has 6 heteroatoms. The molecule has 110 valence electrons. The predicted octanol–water partition coefficient (Wildman–Crippen LogP) is 2.16. The molecule has 1 aromatic rings. The third-order valence-electron chi connectivity index (χ3n) is 2.99. The summed E-state index contributed by atoms with van der Waals surface area (Å²) in [7, 11) is 1.54. The van der Waals surface area contributed by atoms with Gasteiger partial charge in [-0.3, -0.25) is 9.59 Å². The molecule has 1 rings (SSSR count). The standard InChI is InChI=1S/C14H20ClN3O2/c1-4-7-14(2,16)13(20)18-11-8-9(12(19)17-3)5-6-10(11)15/h5-6,8H,4,7,16H2,1-3H3,(H,17,19)(H,18,20). The van der Waals surface area contributed by atoms with E-state index in [0.29, 0.717) is 22.7 Å². The molecule has 0 aliphatic carbocycles. The molecule has 0 bridgehead atoms. The number of hydrogen-bond acceptors (Lipinski definition) is 3. The molecule has 0 radical (unpaired) electrons. The minimum Gasteiger partial charge on any atom is -0.355 e. The smallest absolute Gasteiger partial charge is 0.251 e. The second-order valence-corrected chi connectivity index (χ2v) is 5.30. The largest absolute Gasteiger partial charge is 0.355 e. The van der Waals surface area contributed by atoms with E-state index in [1.54, 1.807) is 19.1 Å². The van der Waals surface area contributed by atoms with Crippen LogP contribution in [-0.4, -0.2) is 24.4 Å². The highest BCUT2D eigenvalue weighted by atomic mass is 35.5. The van der Waals surface area contributed by atoms with Crippen LogP contribution in [0.1, 0.15) is 37.0 Å². The molecule has 0 spiro atoms. The molecule has 0 heterocycles. The molecule has 0 aliphatic heterocycles. The lowest BCUT2D eigenvalue weighted by atomic mass is 9.96. The van der Waals surface area contributed by atoms with Crippen LogP contribution in [0.4, 0.5) is 5.69 Å². The molecule has 0 aliphatic rings. The summed E-state index contributed by atoms with van der Waals surface area (Å²) in [5.41, 5.74) is 5.79. The quantitative estimate of drug-likeness (QED) is 0.778. The second-order valence-electron chi connectivity index (χ2n) is 4.90. The summed E-state index contributed by atoms with van der Waals surface area (Å²) in [6.45, 7) is 3.62. The van der Waals surface area contributed by atoms with Gasteiger partial charge >= 0.3 is 0 Å². The van der Waals surface area contributed by atoms with E-state index in [4.69, 9.17) is 17.3 Å². The Morgan fingerprint density at radius 1 is 1.40 bits per heavy atom. The van der Waals surface area contributed by atoms with E-state index >= 15 is 0 Å². The van der Waals surface area contributed by atoms with Crippen LogP contribution in [0.5, 0.6) is 0 Å². The van der Waals surface area contributed by atoms with Crippen molar-refractivity contribution in [1.29, 1.82) is 0 Å². The van der Waals surface area contributed by atoms with Crippen molar-refractivity contribution >= 4 is 29.1 Å². The number of hydrogen-bond donors (Lipinski definition) is 3. The number of rotatable bonds is 5. The van der Waals surface area contributed by atoms with Crippen LogP contribution in [0.2, 0.25) is 5.02 Å². The molecule has 2 amide bonds. The van der Waals surface area contributed by atoms with E-state index in [0.717, 1.165) is 6.42 Å². The Labute approximate surface area is 123 Å². The molecule has 5 nitrogen and oxygen atoms in total. The van der Waals surface area contributed by atoms with Crippen LogP contribution in [0, 0.1) is 0 Å². The minimum atomic E-state index is -0.971. The topological polar surface area (TPSA) is 84.2 Å². The van der Waals surface area contributed by atoms with Crippen LogP contribution >= 0.6 is 11.6 Å². The number of nitrogens with one attached hydrogen (secondary N) is 2. The first kappa shape index (κ1) is 16.5. The normalized spacial score (nSPS) is 13.4. The SMILES string of the molecule is CCCC(C)(N)C(=O)Nc1cc(C(=O)NC)ccc1Cl. The summed E-state index contributed by atoms with van der Waals surface area (Å²) in [5.74, 6) is -0.573. The van der Waals surface area contributed by atoms with Crippen LogP contribution < -0.4 is 16.4 Å². The molecule has 1 atom stereocenters. The second kappa shape index (κ2) is 6.72. The van der Waals surface area contributed by atoms with Crippen molar-refractivity contribution in [1.82, 2.24) is 5.32 Å². The first-order valence-corrected chi connectivity index (χ1v) is 6.81. The molecular formula is C14H20ClN3O2. The molecule has 1 aromatic carbocycles. The number of halogens is 1. The highest BCUT2D eigenvalue weighted by Crippen LogP contribution is 2.24.